The summed E-state index contributed by atoms with van der Waals surface area (Å²) in [6.45, 7) is 8.58. The molecule has 4 rings (SSSR count). The maximum absolute atomic E-state index is 13.7. The predicted octanol–water partition coefficient (Wildman–Crippen LogP) is 3.61. The molecule has 1 aromatic carbocycles. The minimum absolute atomic E-state index is 0.00621. The number of hydrogen-bond acceptors (Lipinski definition) is 14. The van der Waals surface area contributed by atoms with Crippen LogP contribution in [0, 0.1) is 0 Å². The van der Waals surface area contributed by atoms with Crippen molar-refractivity contribution in [3.05, 3.63) is 53.1 Å². The lowest BCUT2D eigenvalue weighted by Crippen LogP contribution is -2.59. The number of aliphatic hydroxyl groups excluding tert-OH is 5. The third kappa shape index (κ3) is 13.6. The number of carbonyl (C=O) groups excluding carboxylic acids is 3. The molecule has 0 bridgehead atoms. The van der Waals surface area contributed by atoms with Crippen molar-refractivity contribution in [1.82, 2.24) is 5.32 Å². The van der Waals surface area contributed by atoms with E-state index in [0.717, 1.165) is 44.1 Å². The van der Waals surface area contributed by atoms with Gasteiger partial charge in [-0.3, -0.25) is 9.59 Å². The number of unbranched alkanes of at least 4 members (excludes halogenated alkanes) is 4. The van der Waals surface area contributed by atoms with Crippen molar-refractivity contribution >= 4 is 23.9 Å². The van der Waals surface area contributed by atoms with Crippen molar-refractivity contribution in [2.24, 2.45) is 0 Å². The van der Waals surface area contributed by atoms with Crippen LogP contribution in [0.3, 0.4) is 0 Å². The lowest BCUT2D eigenvalue weighted by atomic mass is 9.91. The fourth-order valence-electron chi connectivity index (χ4n) is 7.25. The standard InChI is InChI=1S/C43H65NO14/c1-6-8-10-20-43(21-11-9-7-2)56-32-24-29(39(51)44-30(25-45)18-19-34(47)57-42(3,4)5)23-31(38(32)58-43)54-40(52)28-16-14-27(15-17-28)13-12-22-53-41-37(50)36(49)35(48)33(26-46)55-41/h12-17,24,30-33,35-38,41,45-46,48-50H,6-11,18-23,25-26H2,1-5H3,(H,44,51). The van der Waals surface area contributed by atoms with Crippen LogP contribution in [0.5, 0.6) is 0 Å². The van der Waals surface area contributed by atoms with E-state index in [-0.39, 0.29) is 38.0 Å². The quantitative estimate of drug-likeness (QED) is 0.0772. The van der Waals surface area contributed by atoms with E-state index in [2.05, 4.69) is 19.2 Å². The third-order valence-electron chi connectivity index (χ3n) is 10.4. The molecule has 1 aromatic rings. The minimum Gasteiger partial charge on any atom is -0.460 e. The van der Waals surface area contributed by atoms with E-state index in [9.17, 15) is 39.9 Å². The topological polar surface area (TPSA) is 220 Å². The average Bonchev–Trinajstić information content (AvgIpc) is 3.56. The van der Waals surface area contributed by atoms with Crippen LogP contribution in [-0.2, 0) is 38.0 Å². The number of esters is 2. The summed E-state index contributed by atoms with van der Waals surface area (Å²) in [4.78, 5) is 39.7. The number of hydrogen-bond donors (Lipinski definition) is 6. The van der Waals surface area contributed by atoms with Crippen molar-refractivity contribution in [3.63, 3.8) is 0 Å². The van der Waals surface area contributed by atoms with Gasteiger partial charge < -0.3 is 59.3 Å². The molecule has 58 heavy (non-hydrogen) atoms. The van der Waals surface area contributed by atoms with Gasteiger partial charge in [0.2, 0.25) is 5.91 Å². The van der Waals surface area contributed by atoms with Crippen LogP contribution >= 0.6 is 0 Å². The molecule has 2 saturated heterocycles. The minimum atomic E-state index is -1.54. The van der Waals surface area contributed by atoms with E-state index in [1.165, 1.54) is 0 Å². The number of aliphatic hydroxyl groups is 5. The predicted molar refractivity (Wildman–Crippen MR) is 212 cm³/mol. The molecule has 6 N–H and O–H groups in total. The Bertz CT molecular complexity index is 1510. The molecule has 3 aliphatic rings. The summed E-state index contributed by atoms with van der Waals surface area (Å²) >= 11 is 0. The Labute approximate surface area is 341 Å². The zero-order valence-electron chi connectivity index (χ0n) is 34.5. The molecule has 15 nitrogen and oxygen atoms in total. The smallest absolute Gasteiger partial charge is 0.338 e. The number of fused-ring (bicyclic) bond motifs is 1. The average molecular weight is 820 g/mol. The highest BCUT2D eigenvalue weighted by molar-refractivity contribution is 5.94. The van der Waals surface area contributed by atoms with Gasteiger partial charge in [-0.2, -0.15) is 0 Å². The zero-order valence-corrected chi connectivity index (χ0v) is 34.5. The number of ether oxygens (including phenoxy) is 6. The molecule has 9 unspecified atom stereocenters. The molecule has 1 amide bonds. The second-order valence-electron chi connectivity index (χ2n) is 16.4. The van der Waals surface area contributed by atoms with Gasteiger partial charge >= 0.3 is 11.9 Å². The van der Waals surface area contributed by atoms with E-state index in [0.29, 0.717) is 18.4 Å². The summed E-state index contributed by atoms with van der Waals surface area (Å²) in [7, 11) is 0. The third-order valence-corrected chi connectivity index (χ3v) is 10.4. The van der Waals surface area contributed by atoms with Gasteiger partial charge in [-0.1, -0.05) is 63.8 Å². The van der Waals surface area contributed by atoms with Crippen LogP contribution in [0.2, 0.25) is 0 Å². The summed E-state index contributed by atoms with van der Waals surface area (Å²) in [6.07, 6.45) is 3.39. The Hall–Kier alpha value is -3.25. The molecule has 0 radical (unpaired) electrons. The molecule has 2 aliphatic heterocycles. The monoisotopic (exact) mass is 819 g/mol. The van der Waals surface area contributed by atoms with Crippen molar-refractivity contribution in [2.45, 2.75) is 172 Å². The van der Waals surface area contributed by atoms with Gasteiger partial charge in [0.25, 0.3) is 0 Å². The zero-order chi connectivity index (χ0) is 42.5. The van der Waals surface area contributed by atoms with Gasteiger partial charge in [0, 0.05) is 31.3 Å². The number of carbonyl (C=O) groups is 3. The van der Waals surface area contributed by atoms with Gasteiger partial charge in [0.05, 0.1) is 31.4 Å². The molecule has 9 atom stereocenters. The van der Waals surface area contributed by atoms with Gasteiger partial charge in [-0.25, -0.2) is 4.79 Å². The van der Waals surface area contributed by atoms with Gasteiger partial charge in [0.15, 0.2) is 12.1 Å². The van der Waals surface area contributed by atoms with Crippen molar-refractivity contribution < 1.29 is 68.3 Å². The second-order valence-corrected chi connectivity index (χ2v) is 16.4. The van der Waals surface area contributed by atoms with Crippen molar-refractivity contribution in [2.75, 3.05) is 19.8 Å². The van der Waals surface area contributed by atoms with Gasteiger partial charge in [-0.15, -0.1) is 0 Å². The first-order valence-electron chi connectivity index (χ1n) is 20.7. The fraction of sp³-hybridized carbons (Fsp3) is 0.698. The van der Waals surface area contributed by atoms with Gasteiger partial charge in [0.1, 0.15) is 48.3 Å². The number of nitrogens with one attached hydrogen (secondary N) is 1. The lowest BCUT2D eigenvalue weighted by Gasteiger charge is -2.39. The Morgan fingerprint density at radius 3 is 2.22 bits per heavy atom. The summed E-state index contributed by atoms with van der Waals surface area (Å²) in [5.74, 6) is -2.41. The van der Waals surface area contributed by atoms with Crippen molar-refractivity contribution in [1.29, 1.82) is 0 Å². The summed E-state index contributed by atoms with van der Waals surface area (Å²) < 4.78 is 35.8. The number of rotatable bonds is 21. The molecule has 0 spiro atoms. The lowest BCUT2D eigenvalue weighted by molar-refractivity contribution is -0.298. The first-order valence-corrected chi connectivity index (χ1v) is 20.7. The van der Waals surface area contributed by atoms with Crippen LogP contribution in [0.25, 0.3) is 6.08 Å². The first-order chi connectivity index (χ1) is 27.6. The summed E-state index contributed by atoms with van der Waals surface area (Å²) in [6, 6.07) is 5.91. The fourth-order valence-corrected chi connectivity index (χ4v) is 7.25. The van der Waals surface area contributed by atoms with E-state index >= 15 is 0 Å². The summed E-state index contributed by atoms with van der Waals surface area (Å²) in [5.41, 5.74) is 0.650. The Kier molecular flexibility index (Phi) is 18.3. The van der Waals surface area contributed by atoms with E-state index in [4.69, 9.17) is 28.4 Å². The van der Waals surface area contributed by atoms with Gasteiger partial charge in [-0.05, 0) is 63.8 Å². The highest BCUT2D eigenvalue weighted by Crippen LogP contribution is 2.43. The Morgan fingerprint density at radius 1 is 0.948 bits per heavy atom. The van der Waals surface area contributed by atoms with Crippen molar-refractivity contribution in [3.8, 4) is 0 Å². The molecular formula is C43H65NO14. The molecule has 15 heteroatoms. The van der Waals surface area contributed by atoms with Crippen LogP contribution < -0.4 is 5.32 Å². The molecule has 326 valence electrons. The Balaban J connectivity index is 1.45. The molecular weight excluding hydrogens is 754 g/mol. The summed E-state index contributed by atoms with van der Waals surface area (Å²) in [5, 5.41) is 52.4. The van der Waals surface area contributed by atoms with Crippen LogP contribution in [0.4, 0.5) is 0 Å². The second kappa shape index (κ2) is 22.4. The normalized spacial score (nSPS) is 27.4. The molecule has 0 saturated carbocycles. The van der Waals surface area contributed by atoms with E-state index < -0.39 is 90.9 Å². The number of benzene rings is 1. The molecule has 2 heterocycles. The Morgan fingerprint density at radius 2 is 1.62 bits per heavy atom. The molecule has 1 aliphatic carbocycles. The van der Waals surface area contributed by atoms with Crippen LogP contribution in [-0.4, -0.2) is 130 Å². The molecule has 2 fully saturated rings. The van der Waals surface area contributed by atoms with E-state index in [1.807, 2.05) is 0 Å². The SMILES string of the molecule is CCCCCC1(CCCCC)OC2C=C(C(=O)NC(CO)CCC(=O)OC(C)(C)C)CC(OC(=O)c3ccc(C=CCOC4OC(CO)C(O)C(O)C4O)cc3)C2O1. The van der Waals surface area contributed by atoms with Crippen LogP contribution in [0.1, 0.15) is 121 Å². The highest BCUT2D eigenvalue weighted by Gasteiger charge is 2.52. The van der Waals surface area contributed by atoms with E-state index in [1.54, 1.807) is 63.3 Å². The first kappa shape index (κ1) is 47.4. The van der Waals surface area contributed by atoms with Crippen LogP contribution in [0.15, 0.2) is 42.0 Å². The number of amides is 1. The maximum atomic E-state index is 13.7. The molecule has 0 aromatic heterocycles. The highest BCUT2D eigenvalue weighted by atomic mass is 16.8. The maximum Gasteiger partial charge on any atom is 0.338 e. The largest absolute Gasteiger partial charge is 0.460 e.